The Hall–Kier alpha value is -1.03. The molecule has 0 spiro atoms. The van der Waals surface area contributed by atoms with Crippen molar-refractivity contribution in [2.45, 2.75) is 25.8 Å². The minimum absolute atomic E-state index is 0.0542. The lowest BCUT2D eigenvalue weighted by Crippen LogP contribution is -2.66. The summed E-state index contributed by atoms with van der Waals surface area (Å²) in [5, 5.41) is 2.70. The molecule has 2 aromatic rings. The molecule has 21 heavy (non-hydrogen) atoms. The van der Waals surface area contributed by atoms with Crippen LogP contribution in [0.25, 0.3) is 0 Å². The normalized spacial score (nSPS) is 12.4. The van der Waals surface area contributed by atoms with Gasteiger partial charge in [-0.2, -0.15) is 12.6 Å². The smallest absolute Gasteiger partial charge is 0.261 e. The van der Waals surface area contributed by atoms with E-state index in [2.05, 4.69) is 94.1 Å². The minimum atomic E-state index is -2.32. The van der Waals surface area contributed by atoms with Gasteiger partial charge in [-0.05, 0) is 15.4 Å². The third-order valence-electron chi connectivity index (χ3n) is 3.83. The maximum atomic E-state index is 6.58. The van der Waals surface area contributed by atoms with Gasteiger partial charge in [0.15, 0.2) is 0 Å². The second-order valence-electron chi connectivity index (χ2n) is 6.24. The minimum Gasteiger partial charge on any atom is -0.407 e. The van der Waals surface area contributed by atoms with Crippen molar-refractivity contribution in [2.24, 2.45) is 0 Å². The van der Waals surface area contributed by atoms with Crippen molar-refractivity contribution in [2.75, 3.05) is 12.4 Å². The first-order chi connectivity index (χ1) is 10.0. The van der Waals surface area contributed by atoms with Gasteiger partial charge in [0.1, 0.15) is 0 Å². The number of hydrogen-bond donors (Lipinski definition) is 1. The van der Waals surface area contributed by atoms with Gasteiger partial charge in [0.25, 0.3) is 8.32 Å². The lowest BCUT2D eigenvalue weighted by Gasteiger charge is -2.43. The summed E-state index contributed by atoms with van der Waals surface area (Å²) in [4.78, 5) is 0. The van der Waals surface area contributed by atoms with Crippen molar-refractivity contribution in [3.8, 4) is 0 Å². The Morgan fingerprint density at radius 1 is 0.857 bits per heavy atom. The molecular formula is C18H24OSSi. The molecule has 0 N–H and O–H groups in total. The summed E-state index contributed by atoms with van der Waals surface area (Å²) < 4.78 is 6.58. The first-order valence-electron chi connectivity index (χ1n) is 7.38. The van der Waals surface area contributed by atoms with Crippen LogP contribution < -0.4 is 10.4 Å². The van der Waals surface area contributed by atoms with Gasteiger partial charge >= 0.3 is 0 Å². The molecule has 1 nitrogen and oxygen atoms in total. The van der Waals surface area contributed by atoms with Crippen LogP contribution in [0.4, 0.5) is 0 Å². The van der Waals surface area contributed by atoms with E-state index in [0.29, 0.717) is 6.61 Å². The van der Waals surface area contributed by atoms with Gasteiger partial charge in [-0.3, -0.25) is 0 Å². The molecule has 0 aromatic heterocycles. The van der Waals surface area contributed by atoms with Crippen LogP contribution in [0, 0.1) is 0 Å². The second kappa shape index (κ2) is 6.82. The summed E-state index contributed by atoms with van der Waals surface area (Å²) in [6.07, 6.45) is 0. The molecule has 0 bridgehead atoms. The van der Waals surface area contributed by atoms with Crippen LogP contribution in [0.5, 0.6) is 0 Å². The molecule has 2 rings (SSSR count). The molecule has 0 heterocycles. The third-order valence-corrected chi connectivity index (χ3v) is 9.05. The molecular weight excluding hydrogens is 292 g/mol. The molecule has 0 atom stereocenters. The van der Waals surface area contributed by atoms with Crippen LogP contribution in [0.2, 0.25) is 5.04 Å². The number of hydrogen-bond acceptors (Lipinski definition) is 2. The zero-order valence-electron chi connectivity index (χ0n) is 13.0. The maximum absolute atomic E-state index is 6.58. The van der Waals surface area contributed by atoms with Gasteiger partial charge in [0.05, 0.1) is 0 Å². The number of thiol groups is 1. The molecule has 112 valence electrons. The highest BCUT2D eigenvalue weighted by atomic mass is 32.1. The highest BCUT2D eigenvalue weighted by molar-refractivity contribution is 7.80. The standard InChI is InChI=1S/C18H24OSSi/c1-18(2,3)21(19-14-15-20,16-10-6-4-7-11-16)17-12-8-5-9-13-17/h4-13,20H,14-15H2,1-3H3. The predicted molar refractivity (Wildman–Crippen MR) is 97.4 cm³/mol. The van der Waals surface area contributed by atoms with Crippen LogP contribution in [-0.4, -0.2) is 20.7 Å². The van der Waals surface area contributed by atoms with E-state index in [0.717, 1.165) is 5.75 Å². The third kappa shape index (κ3) is 3.25. The van der Waals surface area contributed by atoms with Crippen LogP contribution >= 0.6 is 12.6 Å². The lowest BCUT2D eigenvalue weighted by atomic mass is 10.2. The molecule has 0 amide bonds. The van der Waals surface area contributed by atoms with E-state index in [4.69, 9.17) is 4.43 Å². The van der Waals surface area contributed by atoms with Crippen molar-refractivity contribution in [3.05, 3.63) is 60.7 Å². The van der Waals surface area contributed by atoms with E-state index in [1.165, 1.54) is 10.4 Å². The van der Waals surface area contributed by atoms with Crippen LogP contribution in [0.1, 0.15) is 20.8 Å². The Morgan fingerprint density at radius 2 is 1.29 bits per heavy atom. The Morgan fingerprint density at radius 3 is 1.62 bits per heavy atom. The quantitative estimate of drug-likeness (QED) is 0.656. The molecule has 0 unspecified atom stereocenters. The molecule has 0 aliphatic carbocycles. The summed E-state index contributed by atoms with van der Waals surface area (Å²) in [6, 6.07) is 21.4. The van der Waals surface area contributed by atoms with Gasteiger partial charge in [-0.1, -0.05) is 81.4 Å². The molecule has 0 radical (unpaired) electrons. The molecule has 2 aromatic carbocycles. The Bertz CT molecular complexity index is 509. The van der Waals surface area contributed by atoms with Gasteiger partial charge in [0, 0.05) is 12.4 Å². The van der Waals surface area contributed by atoms with Crippen molar-refractivity contribution in [1.29, 1.82) is 0 Å². The largest absolute Gasteiger partial charge is 0.407 e. The average Bonchev–Trinajstić information content (AvgIpc) is 2.49. The van der Waals surface area contributed by atoms with Gasteiger partial charge in [-0.25, -0.2) is 0 Å². The number of rotatable bonds is 5. The summed E-state index contributed by atoms with van der Waals surface area (Å²) in [6.45, 7) is 7.55. The topological polar surface area (TPSA) is 9.23 Å². The maximum Gasteiger partial charge on any atom is 0.261 e. The summed E-state index contributed by atoms with van der Waals surface area (Å²) in [5.74, 6) is 0.741. The zero-order chi connectivity index (χ0) is 15.3. The predicted octanol–water partition coefficient (Wildman–Crippen LogP) is 3.49. The fraction of sp³-hybridized carbons (Fsp3) is 0.333. The molecule has 0 aliphatic rings. The highest BCUT2D eigenvalue weighted by Crippen LogP contribution is 2.36. The molecule has 0 aliphatic heterocycles. The highest BCUT2D eigenvalue weighted by Gasteiger charge is 2.49. The van der Waals surface area contributed by atoms with Crippen LogP contribution in [-0.2, 0) is 4.43 Å². The molecule has 0 fully saturated rings. The van der Waals surface area contributed by atoms with E-state index in [1.54, 1.807) is 0 Å². The van der Waals surface area contributed by atoms with Crippen LogP contribution in [0.15, 0.2) is 60.7 Å². The summed E-state index contributed by atoms with van der Waals surface area (Å²) >= 11 is 4.35. The van der Waals surface area contributed by atoms with E-state index < -0.39 is 8.32 Å². The SMILES string of the molecule is CC(C)(C)[Si](OCCS)(c1ccccc1)c1ccccc1. The van der Waals surface area contributed by atoms with Crippen molar-refractivity contribution in [1.82, 2.24) is 0 Å². The summed E-state index contributed by atoms with van der Waals surface area (Å²) in [5.41, 5.74) is 0. The van der Waals surface area contributed by atoms with Crippen molar-refractivity contribution >= 4 is 31.3 Å². The Labute approximate surface area is 134 Å². The Kier molecular flexibility index (Phi) is 5.30. The van der Waals surface area contributed by atoms with Gasteiger partial charge in [-0.15, -0.1) is 0 Å². The molecule has 0 saturated heterocycles. The van der Waals surface area contributed by atoms with Crippen LogP contribution in [0.3, 0.4) is 0 Å². The van der Waals surface area contributed by atoms with E-state index in [1.807, 2.05) is 0 Å². The Balaban J connectivity index is 2.66. The van der Waals surface area contributed by atoms with E-state index in [-0.39, 0.29) is 5.04 Å². The van der Waals surface area contributed by atoms with Gasteiger partial charge < -0.3 is 4.43 Å². The molecule has 3 heteroatoms. The first kappa shape index (κ1) is 16.3. The first-order valence-corrected chi connectivity index (χ1v) is 9.92. The summed E-state index contributed by atoms with van der Waals surface area (Å²) in [7, 11) is -2.32. The fourth-order valence-corrected chi connectivity index (χ4v) is 7.79. The fourth-order valence-electron chi connectivity index (χ4n) is 2.96. The van der Waals surface area contributed by atoms with E-state index >= 15 is 0 Å². The lowest BCUT2D eigenvalue weighted by molar-refractivity contribution is 0.322. The van der Waals surface area contributed by atoms with Gasteiger partial charge in [0.2, 0.25) is 0 Å². The molecule has 0 saturated carbocycles. The monoisotopic (exact) mass is 316 g/mol. The number of benzene rings is 2. The second-order valence-corrected chi connectivity index (χ2v) is 11.0. The van der Waals surface area contributed by atoms with E-state index in [9.17, 15) is 0 Å². The zero-order valence-corrected chi connectivity index (χ0v) is 14.9. The van der Waals surface area contributed by atoms with Crippen molar-refractivity contribution < 1.29 is 4.43 Å². The average molecular weight is 317 g/mol. The van der Waals surface area contributed by atoms with Crippen molar-refractivity contribution in [3.63, 3.8) is 0 Å².